The van der Waals surface area contributed by atoms with Crippen LogP contribution in [0.1, 0.15) is 55.6 Å². The maximum absolute atomic E-state index is 13.8. The van der Waals surface area contributed by atoms with Crippen LogP contribution in [-0.4, -0.2) is 42.5 Å². The summed E-state index contributed by atoms with van der Waals surface area (Å²) in [6, 6.07) is 15.2. The summed E-state index contributed by atoms with van der Waals surface area (Å²) in [5.74, 6) is 0.310. The molecule has 0 saturated carbocycles. The molecule has 0 aromatic heterocycles. The minimum absolute atomic E-state index is 0.00800. The number of carbonyl (C=O) groups is 2. The van der Waals surface area contributed by atoms with Crippen molar-refractivity contribution in [1.29, 1.82) is 0 Å². The molecule has 2 aliphatic heterocycles. The van der Waals surface area contributed by atoms with Gasteiger partial charge in [-0.25, -0.2) is 4.39 Å². The van der Waals surface area contributed by atoms with E-state index in [1.807, 2.05) is 23.1 Å². The number of piperidine rings is 1. The van der Waals surface area contributed by atoms with Gasteiger partial charge < -0.3 is 15.0 Å². The number of methoxy groups -OCH3 is 1. The van der Waals surface area contributed by atoms with Crippen molar-refractivity contribution in [2.24, 2.45) is 0 Å². The van der Waals surface area contributed by atoms with Crippen LogP contribution in [0.2, 0.25) is 0 Å². The number of likely N-dealkylation sites (tertiary alicyclic amines) is 1. The minimum atomic E-state index is -0.482. The molecule has 2 saturated heterocycles. The summed E-state index contributed by atoms with van der Waals surface area (Å²) in [4.78, 5) is 27.2. The van der Waals surface area contributed by atoms with E-state index in [1.54, 1.807) is 12.1 Å². The predicted molar refractivity (Wildman–Crippen MR) is 121 cm³/mol. The van der Waals surface area contributed by atoms with Gasteiger partial charge in [0.1, 0.15) is 0 Å². The molecule has 2 aliphatic rings. The fraction of sp³-hybridized carbons (Fsp3) is 0.462. The van der Waals surface area contributed by atoms with Crippen molar-refractivity contribution in [3.8, 4) is 5.75 Å². The molecular formula is C26H31FN2O3. The predicted octanol–water partition coefficient (Wildman–Crippen LogP) is 4.21. The molecule has 32 heavy (non-hydrogen) atoms. The van der Waals surface area contributed by atoms with Crippen molar-refractivity contribution >= 4 is 11.8 Å². The van der Waals surface area contributed by atoms with Crippen LogP contribution < -0.4 is 10.1 Å². The molecule has 0 radical (unpaired) electrons. The normalized spacial score (nSPS) is 23.1. The first-order valence-electron chi connectivity index (χ1n) is 11.4. The molecule has 2 amide bonds. The highest BCUT2D eigenvalue weighted by molar-refractivity contribution is 5.80. The molecule has 4 rings (SSSR count). The lowest BCUT2D eigenvalue weighted by Crippen LogP contribution is -2.45. The number of nitrogens with one attached hydrogen (secondary N) is 1. The van der Waals surface area contributed by atoms with Crippen LogP contribution in [0.25, 0.3) is 0 Å². The van der Waals surface area contributed by atoms with Crippen molar-refractivity contribution in [1.82, 2.24) is 10.2 Å². The van der Waals surface area contributed by atoms with Gasteiger partial charge in [0, 0.05) is 37.4 Å². The number of hydrogen-bond donors (Lipinski definition) is 1. The van der Waals surface area contributed by atoms with Gasteiger partial charge in [0.05, 0.1) is 7.11 Å². The Morgan fingerprint density at radius 2 is 2.06 bits per heavy atom. The molecule has 2 atom stereocenters. The summed E-state index contributed by atoms with van der Waals surface area (Å²) in [6.07, 6.45) is 4.74. The van der Waals surface area contributed by atoms with Crippen LogP contribution in [0, 0.1) is 5.82 Å². The fourth-order valence-electron chi connectivity index (χ4n) is 5.09. The van der Waals surface area contributed by atoms with Gasteiger partial charge in [-0.05, 0) is 55.4 Å². The number of carbonyl (C=O) groups excluding carboxylic acids is 2. The Morgan fingerprint density at radius 3 is 2.78 bits per heavy atom. The first-order valence-corrected chi connectivity index (χ1v) is 11.4. The van der Waals surface area contributed by atoms with Gasteiger partial charge in [0.25, 0.3) is 0 Å². The Bertz CT molecular complexity index is 965. The number of nitrogens with zero attached hydrogens (tertiary/aromatic N) is 1. The second-order valence-electron chi connectivity index (χ2n) is 9.06. The third-order valence-electron chi connectivity index (χ3n) is 6.86. The van der Waals surface area contributed by atoms with Gasteiger partial charge in [-0.2, -0.15) is 0 Å². The number of hydrogen-bond acceptors (Lipinski definition) is 3. The van der Waals surface area contributed by atoms with Crippen molar-refractivity contribution in [3.05, 3.63) is 65.5 Å². The van der Waals surface area contributed by atoms with Crippen LogP contribution in [0.4, 0.5) is 4.39 Å². The quantitative estimate of drug-likeness (QED) is 0.705. The summed E-state index contributed by atoms with van der Waals surface area (Å²) in [5, 5.41) is 3.12. The van der Waals surface area contributed by atoms with Crippen LogP contribution in [0.5, 0.6) is 5.75 Å². The van der Waals surface area contributed by atoms with Crippen LogP contribution in [0.15, 0.2) is 48.5 Å². The summed E-state index contributed by atoms with van der Waals surface area (Å²) >= 11 is 0. The van der Waals surface area contributed by atoms with Gasteiger partial charge in [0.15, 0.2) is 11.6 Å². The molecule has 2 fully saturated rings. The molecule has 2 unspecified atom stereocenters. The fourth-order valence-corrected chi connectivity index (χ4v) is 5.09. The van der Waals surface area contributed by atoms with E-state index in [-0.39, 0.29) is 17.6 Å². The van der Waals surface area contributed by atoms with Crippen molar-refractivity contribution in [2.75, 3.05) is 20.2 Å². The lowest BCUT2D eigenvalue weighted by molar-refractivity contribution is -0.133. The first kappa shape index (κ1) is 22.3. The van der Waals surface area contributed by atoms with Crippen LogP contribution >= 0.6 is 0 Å². The third-order valence-corrected chi connectivity index (χ3v) is 6.86. The van der Waals surface area contributed by atoms with Gasteiger partial charge in [-0.1, -0.05) is 36.4 Å². The number of amides is 2. The average Bonchev–Trinajstić information content (AvgIpc) is 3.19. The standard InChI is InChI=1S/C26H31FN2O3/c1-32-23-16-19(9-10-22(23)27)17-26(13-11-24(30)28-26)14-12-25(31)29-15-5-8-21(18-29)20-6-3-2-4-7-20/h2-4,6-7,9-10,16,21H,5,8,11-15,17-18H2,1H3,(H,28,30). The van der Waals surface area contributed by atoms with E-state index >= 15 is 0 Å². The average molecular weight is 439 g/mol. The Morgan fingerprint density at radius 1 is 1.25 bits per heavy atom. The minimum Gasteiger partial charge on any atom is -0.494 e. The first-order chi connectivity index (χ1) is 15.5. The van der Waals surface area contributed by atoms with Crippen molar-refractivity contribution < 1.29 is 18.7 Å². The van der Waals surface area contributed by atoms with E-state index in [2.05, 4.69) is 17.4 Å². The highest BCUT2D eigenvalue weighted by atomic mass is 19.1. The summed E-state index contributed by atoms with van der Waals surface area (Å²) in [7, 11) is 1.44. The van der Waals surface area contributed by atoms with E-state index in [0.717, 1.165) is 31.5 Å². The summed E-state index contributed by atoms with van der Waals surface area (Å²) in [5.41, 5.74) is 1.69. The van der Waals surface area contributed by atoms with Crippen LogP contribution in [-0.2, 0) is 16.0 Å². The van der Waals surface area contributed by atoms with E-state index < -0.39 is 11.4 Å². The lowest BCUT2D eigenvalue weighted by Gasteiger charge is -2.35. The maximum atomic E-state index is 13.8. The van der Waals surface area contributed by atoms with E-state index in [0.29, 0.717) is 38.0 Å². The molecule has 0 bridgehead atoms. The smallest absolute Gasteiger partial charge is 0.222 e. The number of ether oxygens (including phenoxy) is 1. The van der Waals surface area contributed by atoms with Gasteiger partial charge in [-0.3, -0.25) is 9.59 Å². The Hall–Kier alpha value is -2.89. The number of halogens is 1. The lowest BCUT2D eigenvalue weighted by atomic mass is 9.84. The number of benzene rings is 2. The summed E-state index contributed by atoms with van der Waals surface area (Å²) in [6.45, 7) is 1.54. The van der Waals surface area contributed by atoms with E-state index in [9.17, 15) is 14.0 Å². The summed E-state index contributed by atoms with van der Waals surface area (Å²) < 4.78 is 18.9. The zero-order valence-electron chi connectivity index (χ0n) is 18.6. The third kappa shape index (κ3) is 5.12. The molecule has 170 valence electrons. The molecule has 5 nitrogen and oxygen atoms in total. The highest BCUT2D eigenvalue weighted by Crippen LogP contribution is 2.32. The molecule has 1 N–H and O–H groups in total. The monoisotopic (exact) mass is 438 g/mol. The number of rotatable bonds is 7. The second-order valence-corrected chi connectivity index (χ2v) is 9.06. The molecule has 0 spiro atoms. The maximum Gasteiger partial charge on any atom is 0.222 e. The van der Waals surface area contributed by atoms with E-state index in [1.165, 1.54) is 18.7 Å². The van der Waals surface area contributed by atoms with Crippen LogP contribution in [0.3, 0.4) is 0 Å². The topological polar surface area (TPSA) is 58.6 Å². The molecule has 2 heterocycles. The second kappa shape index (κ2) is 9.72. The Kier molecular flexibility index (Phi) is 6.77. The van der Waals surface area contributed by atoms with Crippen molar-refractivity contribution in [3.63, 3.8) is 0 Å². The van der Waals surface area contributed by atoms with E-state index in [4.69, 9.17) is 4.74 Å². The molecule has 6 heteroatoms. The Balaban J connectivity index is 1.41. The highest BCUT2D eigenvalue weighted by Gasteiger charge is 2.38. The Labute approximate surface area is 188 Å². The SMILES string of the molecule is COc1cc(CC2(CCC(=O)N3CCCC(c4ccccc4)C3)CCC(=O)N2)ccc1F. The largest absolute Gasteiger partial charge is 0.494 e. The van der Waals surface area contributed by atoms with Gasteiger partial charge >= 0.3 is 0 Å². The van der Waals surface area contributed by atoms with Gasteiger partial charge in [-0.15, -0.1) is 0 Å². The molecule has 2 aromatic rings. The van der Waals surface area contributed by atoms with Gasteiger partial charge in [0.2, 0.25) is 11.8 Å². The zero-order chi connectivity index (χ0) is 22.6. The molecule has 0 aliphatic carbocycles. The molecule has 2 aromatic carbocycles. The zero-order valence-corrected chi connectivity index (χ0v) is 18.6. The van der Waals surface area contributed by atoms with Crippen molar-refractivity contribution in [2.45, 2.75) is 56.4 Å². The molecular weight excluding hydrogens is 407 g/mol.